The Labute approximate surface area is 115 Å². The average molecular weight is 267 g/mol. The third kappa shape index (κ3) is 1.10. The Bertz CT molecular complexity index is 759. The van der Waals surface area contributed by atoms with Crippen LogP contribution in [-0.2, 0) is 16.8 Å². The fourth-order valence-corrected chi connectivity index (χ4v) is 5.54. The predicted molar refractivity (Wildman–Crippen MR) is 76.4 cm³/mol. The van der Waals surface area contributed by atoms with Crippen molar-refractivity contribution in [2.24, 2.45) is 5.92 Å². The summed E-state index contributed by atoms with van der Waals surface area (Å²) in [4.78, 5) is 13.1. The number of hydrogen-bond donors (Lipinski definition) is 1. The molecule has 3 aliphatic rings. The van der Waals surface area contributed by atoms with Crippen molar-refractivity contribution in [2.75, 3.05) is 0 Å². The smallest absolute Gasteiger partial charge is 0.155 e. The lowest BCUT2D eigenvalue weighted by Crippen LogP contribution is -2.29. The van der Waals surface area contributed by atoms with Gasteiger partial charge in [0, 0.05) is 34.0 Å². The van der Waals surface area contributed by atoms with Crippen molar-refractivity contribution in [3.05, 3.63) is 46.9 Å². The van der Waals surface area contributed by atoms with Gasteiger partial charge in [0.05, 0.1) is 0 Å². The molecule has 2 aliphatic carbocycles. The monoisotopic (exact) mass is 267 g/mol. The minimum Gasteiger partial charge on any atom is -0.308 e. The van der Waals surface area contributed by atoms with Crippen LogP contribution in [-0.4, -0.2) is 11.8 Å². The van der Waals surface area contributed by atoms with Crippen LogP contribution in [0.5, 0.6) is 0 Å². The third-order valence-electron chi connectivity index (χ3n) is 4.98. The van der Waals surface area contributed by atoms with Gasteiger partial charge in [-0.1, -0.05) is 24.3 Å². The lowest BCUT2D eigenvalue weighted by molar-refractivity contribution is -0.115. The molecule has 1 aromatic heterocycles. The quantitative estimate of drug-likeness (QED) is 0.795. The fraction of sp³-hybridized carbons (Fsp3) is 0.312. The standard InChI is InChI=1S/C16H13NOS/c18-9-5-6-16-12(7-9)14(16)17-8-11-10-3-1-2-4-13(10)19-15(11)16/h1-6,12,14,17H,7-8H2/t12-,14?,16+/m1/s1. The highest BCUT2D eigenvalue weighted by Gasteiger charge is 2.68. The summed E-state index contributed by atoms with van der Waals surface area (Å²) in [6.45, 7) is 0.949. The number of rotatable bonds is 0. The van der Waals surface area contributed by atoms with Gasteiger partial charge in [-0.15, -0.1) is 11.3 Å². The SMILES string of the molecule is O=C1C=C[C@@]23c4sc5ccccc5c4CNC2[C@H]3C1. The first-order chi connectivity index (χ1) is 9.30. The predicted octanol–water partition coefficient (Wildman–Crippen LogP) is 2.77. The fourth-order valence-electron chi connectivity index (χ4n) is 4.04. The van der Waals surface area contributed by atoms with Gasteiger partial charge in [-0.2, -0.15) is 0 Å². The molecule has 5 rings (SSSR count). The van der Waals surface area contributed by atoms with Gasteiger partial charge < -0.3 is 5.32 Å². The summed E-state index contributed by atoms with van der Waals surface area (Å²) in [6.07, 6.45) is 4.69. The van der Waals surface area contributed by atoms with Crippen LogP contribution in [0.1, 0.15) is 16.9 Å². The highest BCUT2D eigenvalue weighted by Crippen LogP contribution is 2.64. The van der Waals surface area contributed by atoms with Crippen molar-refractivity contribution in [1.82, 2.24) is 5.32 Å². The molecule has 3 atom stereocenters. The Balaban J connectivity index is 1.80. The Hall–Kier alpha value is -1.45. The molecule has 1 spiro atoms. The van der Waals surface area contributed by atoms with Crippen LogP contribution >= 0.6 is 11.3 Å². The van der Waals surface area contributed by atoms with Crippen molar-refractivity contribution in [2.45, 2.75) is 24.4 Å². The molecule has 1 saturated carbocycles. The average Bonchev–Trinajstić information content (AvgIpc) is 2.93. The van der Waals surface area contributed by atoms with Crippen molar-refractivity contribution < 1.29 is 4.79 Å². The molecular weight excluding hydrogens is 254 g/mol. The Morgan fingerprint density at radius 2 is 2.21 bits per heavy atom. The van der Waals surface area contributed by atoms with Crippen LogP contribution in [0, 0.1) is 5.92 Å². The topological polar surface area (TPSA) is 29.1 Å². The van der Waals surface area contributed by atoms with Crippen molar-refractivity contribution in [3.63, 3.8) is 0 Å². The van der Waals surface area contributed by atoms with Gasteiger partial charge in [-0.25, -0.2) is 0 Å². The van der Waals surface area contributed by atoms with E-state index in [1.165, 1.54) is 20.5 Å². The number of carbonyl (C=O) groups excluding carboxylic acids is 1. The summed E-state index contributed by atoms with van der Waals surface area (Å²) < 4.78 is 1.38. The van der Waals surface area contributed by atoms with Crippen molar-refractivity contribution >= 4 is 27.2 Å². The first-order valence-corrected chi connectivity index (χ1v) is 7.59. The largest absolute Gasteiger partial charge is 0.308 e. The highest BCUT2D eigenvalue weighted by molar-refractivity contribution is 7.19. The minimum atomic E-state index is 0.130. The number of fused-ring (bicyclic) bond motifs is 4. The summed E-state index contributed by atoms with van der Waals surface area (Å²) in [5, 5.41) is 5.03. The molecule has 3 heteroatoms. The number of benzene rings is 1. The summed E-state index contributed by atoms with van der Waals surface area (Å²) in [6, 6.07) is 9.13. The summed E-state index contributed by atoms with van der Waals surface area (Å²) >= 11 is 1.92. The molecule has 19 heavy (non-hydrogen) atoms. The number of hydrogen-bond acceptors (Lipinski definition) is 3. The second-order valence-electron chi connectivity index (χ2n) is 5.81. The van der Waals surface area contributed by atoms with Crippen LogP contribution in [0.3, 0.4) is 0 Å². The van der Waals surface area contributed by atoms with Crippen LogP contribution in [0.4, 0.5) is 0 Å². The molecule has 0 radical (unpaired) electrons. The molecule has 1 fully saturated rings. The lowest BCUT2D eigenvalue weighted by Gasteiger charge is -2.21. The van der Waals surface area contributed by atoms with Gasteiger partial charge in [-0.05, 0) is 29.0 Å². The summed E-state index contributed by atoms with van der Waals surface area (Å²) in [5.41, 5.74) is 1.59. The lowest BCUT2D eigenvalue weighted by atomic mass is 9.89. The number of carbonyl (C=O) groups is 1. The molecular formula is C16H13NOS. The van der Waals surface area contributed by atoms with Gasteiger partial charge in [0.25, 0.3) is 0 Å². The van der Waals surface area contributed by atoms with E-state index in [1.807, 2.05) is 11.3 Å². The molecule has 2 aromatic rings. The molecule has 94 valence electrons. The van der Waals surface area contributed by atoms with E-state index in [0.717, 1.165) is 6.54 Å². The molecule has 1 aliphatic heterocycles. The van der Waals surface area contributed by atoms with E-state index >= 15 is 0 Å². The zero-order valence-corrected chi connectivity index (χ0v) is 11.2. The minimum absolute atomic E-state index is 0.130. The van der Waals surface area contributed by atoms with Crippen molar-refractivity contribution in [3.8, 4) is 0 Å². The number of nitrogens with one attached hydrogen (secondary N) is 1. The van der Waals surface area contributed by atoms with Crippen LogP contribution < -0.4 is 5.32 Å². The van der Waals surface area contributed by atoms with E-state index in [2.05, 4.69) is 35.7 Å². The summed E-state index contributed by atoms with van der Waals surface area (Å²) in [5.74, 6) is 0.772. The van der Waals surface area contributed by atoms with Gasteiger partial charge in [0.15, 0.2) is 5.78 Å². The van der Waals surface area contributed by atoms with Crippen molar-refractivity contribution in [1.29, 1.82) is 0 Å². The maximum Gasteiger partial charge on any atom is 0.155 e. The maximum absolute atomic E-state index is 11.6. The summed E-state index contributed by atoms with van der Waals surface area (Å²) in [7, 11) is 0. The normalized spacial score (nSPS) is 34.8. The van der Waals surface area contributed by atoms with Gasteiger partial charge in [-0.3, -0.25) is 4.79 Å². The van der Waals surface area contributed by atoms with Gasteiger partial charge >= 0.3 is 0 Å². The van der Waals surface area contributed by atoms with Crippen LogP contribution in [0.15, 0.2) is 36.4 Å². The van der Waals surface area contributed by atoms with E-state index in [1.54, 1.807) is 6.08 Å². The highest BCUT2D eigenvalue weighted by atomic mass is 32.1. The molecule has 0 amide bonds. The number of ketones is 1. The molecule has 0 bridgehead atoms. The second-order valence-corrected chi connectivity index (χ2v) is 6.86. The molecule has 1 aromatic carbocycles. The van der Waals surface area contributed by atoms with Crippen LogP contribution in [0.25, 0.3) is 10.1 Å². The van der Waals surface area contributed by atoms with Gasteiger partial charge in [0.2, 0.25) is 0 Å². The van der Waals surface area contributed by atoms with E-state index in [-0.39, 0.29) is 11.2 Å². The second kappa shape index (κ2) is 3.17. The molecule has 1 N–H and O–H groups in total. The molecule has 1 unspecified atom stereocenters. The van der Waals surface area contributed by atoms with E-state index in [4.69, 9.17) is 0 Å². The van der Waals surface area contributed by atoms with E-state index < -0.39 is 0 Å². The molecule has 0 saturated heterocycles. The Morgan fingerprint density at radius 1 is 1.32 bits per heavy atom. The number of thiophene rings is 1. The molecule has 2 nitrogen and oxygen atoms in total. The first-order valence-electron chi connectivity index (χ1n) is 6.77. The Kier molecular flexibility index (Phi) is 1.73. The number of allylic oxidation sites excluding steroid dienone is 1. The van der Waals surface area contributed by atoms with E-state index in [9.17, 15) is 4.79 Å². The van der Waals surface area contributed by atoms with Gasteiger partial charge in [0.1, 0.15) is 0 Å². The zero-order valence-electron chi connectivity index (χ0n) is 10.3. The Morgan fingerprint density at radius 3 is 3.16 bits per heavy atom. The van der Waals surface area contributed by atoms with Crippen LogP contribution in [0.2, 0.25) is 0 Å². The molecule has 2 heterocycles. The first kappa shape index (κ1) is 10.4. The third-order valence-corrected chi connectivity index (χ3v) is 6.36. The van der Waals surface area contributed by atoms with E-state index in [0.29, 0.717) is 18.4 Å². The maximum atomic E-state index is 11.6. The zero-order chi connectivity index (χ0) is 12.6.